The molecule has 0 fully saturated rings. The zero-order valence-corrected chi connectivity index (χ0v) is 9.13. The number of hydrogen-bond donors (Lipinski definition) is 3. The second kappa shape index (κ2) is 4.65. The summed E-state index contributed by atoms with van der Waals surface area (Å²) in [6.45, 7) is 0.170. The number of phenols is 2. The van der Waals surface area contributed by atoms with E-state index in [-0.39, 0.29) is 18.1 Å². The van der Waals surface area contributed by atoms with Crippen LogP contribution >= 0.6 is 0 Å². The number of ether oxygens (including phenoxy) is 1. The van der Waals surface area contributed by atoms with Gasteiger partial charge < -0.3 is 20.7 Å². The van der Waals surface area contributed by atoms with Gasteiger partial charge in [-0.2, -0.15) is 0 Å². The molecule has 0 spiro atoms. The van der Waals surface area contributed by atoms with Crippen molar-refractivity contribution in [2.75, 3.05) is 5.73 Å². The van der Waals surface area contributed by atoms with Crippen molar-refractivity contribution < 1.29 is 14.9 Å². The highest BCUT2D eigenvalue weighted by Gasteiger charge is 2.04. The van der Waals surface area contributed by atoms with E-state index in [9.17, 15) is 10.2 Å². The molecule has 4 nitrogen and oxygen atoms in total. The summed E-state index contributed by atoms with van der Waals surface area (Å²) < 4.78 is 5.39. The van der Waals surface area contributed by atoms with Gasteiger partial charge >= 0.3 is 0 Å². The van der Waals surface area contributed by atoms with Crippen LogP contribution in [0.4, 0.5) is 5.69 Å². The number of nitrogen functional groups attached to an aromatic ring is 1. The summed E-state index contributed by atoms with van der Waals surface area (Å²) in [6, 6.07) is 11.5. The third kappa shape index (κ3) is 2.60. The Hall–Kier alpha value is -2.36. The maximum absolute atomic E-state index is 9.62. The van der Waals surface area contributed by atoms with Crippen molar-refractivity contribution in [3.05, 3.63) is 48.0 Å². The van der Waals surface area contributed by atoms with Crippen molar-refractivity contribution in [2.45, 2.75) is 6.61 Å². The fraction of sp³-hybridized carbons (Fsp3) is 0.0769. The molecule has 0 amide bonds. The predicted molar refractivity (Wildman–Crippen MR) is 65.0 cm³/mol. The van der Waals surface area contributed by atoms with Gasteiger partial charge in [0.15, 0.2) is 11.5 Å². The van der Waals surface area contributed by atoms with E-state index in [0.29, 0.717) is 17.0 Å². The van der Waals surface area contributed by atoms with E-state index in [0.717, 1.165) is 0 Å². The second-order valence-electron chi connectivity index (χ2n) is 3.64. The van der Waals surface area contributed by atoms with Crippen molar-refractivity contribution in [2.24, 2.45) is 0 Å². The molecule has 0 atom stereocenters. The number of anilines is 1. The van der Waals surface area contributed by atoms with Gasteiger partial charge in [-0.25, -0.2) is 0 Å². The molecule has 4 heteroatoms. The van der Waals surface area contributed by atoms with Crippen LogP contribution in [0.2, 0.25) is 0 Å². The first-order chi connectivity index (χ1) is 8.16. The first kappa shape index (κ1) is 11.1. The molecule has 0 unspecified atom stereocenters. The number of hydrogen-bond acceptors (Lipinski definition) is 4. The Balaban J connectivity index is 2.10. The number of nitrogens with two attached hydrogens (primary N) is 1. The van der Waals surface area contributed by atoms with E-state index in [1.54, 1.807) is 30.3 Å². The van der Waals surface area contributed by atoms with E-state index >= 15 is 0 Å². The first-order valence-electron chi connectivity index (χ1n) is 5.15. The summed E-state index contributed by atoms with van der Waals surface area (Å²) in [5, 5.41) is 19.1. The predicted octanol–water partition coefficient (Wildman–Crippen LogP) is 2.26. The zero-order valence-electron chi connectivity index (χ0n) is 9.13. The lowest BCUT2D eigenvalue weighted by atomic mass is 10.2. The molecule has 0 saturated carbocycles. The SMILES string of the molecule is Nc1ccc(COc2ccccc2O)c(O)c1. The summed E-state index contributed by atoms with van der Waals surface area (Å²) in [6.07, 6.45) is 0. The quantitative estimate of drug-likeness (QED) is 0.708. The number of rotatable bonds is 3. The van der Waals surface area contributed by atoms with Crippen LogP contribution in [-0.2, 0) is 6.61 Å². The minimum absolute atomic E-state index is 0.0717. The molecule has 4 N–H and O–H groups in total. The average Bonchev–Trinajstić information content (AvgIpc) is 2.30. The normalized spacial score (nSPS) is 10.1. The number of aromatic hydroxyl groups is 2. The van der Waals surface area contributed by atoms with E-state index in [1.165, 1.54) is 12.1 Å². The Morgan fingerprint density at radius 2 is 1.76 bits per heavy atom. The maximum Gasteiger partial charge on any atom is 0.161 e. The van der Waals surface area contributed by atoms with Crippen LogP contribution in [0.15, 0.2) is 42.5 Å². The first-order valence-corrected chi connectivity index (χ1v) is 5.15. The molecule has 0 bridgehead atoms. The minimum Gasteiger partial charge on any atom is -0.507 e. The summed E-state index contributed by atoms with van der Waals surface area (Å²) in [4.78, 5) is 0. The maximum atomic E-state index is 9.62. The fourth-order valence-electron chi connectivity index (χ4n) is 1.44. The molecule has 0 saturated heterocycles. The molecule has 0 radical (unpaired) electrons. The van der Waals surface area contributed by atoms with Crippen LogP contribution in [0.3, 0.4) is 0 Å². The van der Waals surface area contributed by atoms with Gasteiger partial charge in [-0.1, -0.05) is 12.1 Å². The van der Waals surface area contributed by atoms with Crippen LogP contribution in [0.5, 0.6) is 17.2 Å². The monoisotopic (exact) mass is 231 g/mol. The molecule has 0 aliphatic carbocycles. The summed E-state index contributed by atoms with van der Waals surface area (Å²) in [5.74, 6) is 0.534. The van der Waals surface area contributed by atoms with Gasteiger partial charge in [-0.15, -0.1) is 0 Å². The molecule has 2 rings (SSSR count). The third-order valence-electron chi connectivity index (χ3n) is 2.36. The molecular formula is C13H13NO3. The Morgan fingerprint density at radius 3 is 2.47 bits per heavy atom. The van der Waals surface area contributed by atoms with E-state index in [4.69, 9.17) is 10.5 Å². The zero-order chi connectivity index (χ0) is 12.3. The number of benzene rings is 2. The lowest BCUT2D eigenvalue weighted by molar-refractivity contribution is 0.283. The standard InChI is InChI=1S/C13H13NO3/c14-10-6-5-9(12(16)7-10)8-17-13-4-2-1-3-11(13)15/h1-7,15-16H,8,14H2. The molecule has 0 heterocycles. The smallest absolute Gasteiger partial charge is 0.161 e. The second-order valence-corrected chi connectivity index (χ2v) is 3.64. The average molecular weight is 231 g/mol. The van der Waals surface area contributed by atoms with Crippen LogP contribution in [0.25, 0.3) is 0 Å². The highest BCUT2D eigenvalue weighted by Crippen LogP contribution is 2.27. The lowest BCUT2D eigenvalue weighted by Gasteiger charge is -2.09. The molecule has 0 aliphatic rings. The van der Waals surface area contributed by atoms with Crippen LogP contribution in [0, 0.1) is 0 Å². The van der Waals surface area contributed by atoms with Crippen molar-refractivity contribution in [1.29, 1.82) is 0 Å². The van der Waals surface area contributed by atoms with Gasteiger partial charge in [0.1, 0.15) is 12.4 Å². The van der Waals surface area contributed by atoms with Gasteiger partial charge in [0.05, 0.1) is 0 Å². The summed E-state index contributed by atoms with van der Waals surface area (Å²) in [7, 11) is 0. The fourth-order valence-corrected chi connectivity index (χ4v) is 1.44. The van der Waals surface area contributed by atoms with Crippen molar-refractivity contribution in [3.8, 4) is 17.2 Å². The highest BCUT2D eigenvalue weighted by atomic mass is 16.5. The van der Waals surface area contributed by atoms with E-state index < -0.39 is 0 Å². The van der Waals surface area contributed by atoms with Gasteiger partial charge in [-0.05, 0) is 24.3 Å². The summed E-state index contributed by atoms with van der Waals surface area (Å²) >= 11 is 0. The third-order valence-corrected chi connectivity index (χ3v) is 2.36. The van der Waals surface area contributed by atoms with Crippen LogP contribution in [-0.4, -0.2) is 10.2 Å². The minimum atomic E-state index is 0.0717. The molecule has 0 aliphatic heterocycles. The number of phenolic OH excluding ortho intramolecular Hbond substituents is 2. The molecule has 88 valence electrons. The van der Waals surface area contributed by atoms with Gasteiger partial charge in [0.25, 0.3) is 0 Å². The largest absolute Gasteiger partial charge is 0.507 e. The molecular weight excluding hydrogens is 218 g/mol. The van der Waals surface area contributed by atoms with Crippen molar-refractivity contribution in [3.63, 3.8) is 0 Å². The Bertz CT molecular complexity index is 526. The van der Waals surface area contributed by atoms with Gasteiger partial charge in [0.2, 0.25) is 0 Å². The molecule has 0 aromatic heterocycles. The molecule has 2 aromatic carbocycles. The van der Waals surface area contributed by atoms with E-state index in [1.807, 2.05) is 0 Å². The molecule has 2 aromatic rings. The Morgan fingerprint density at radius 1 is 1.00 bits per heavy atom. The van der Waals surface area contributed by atoms with Crippen LogP contribution in [0.1, 0.15) is 5.56 Å². The lowest BCUT2D eigenvalue weighted by Crippen LogP contribution is -1.96. The molecule has 17 heavy (non-hydrogen) atoms. The van der Waals surface area contributed by atoms with Gasteiger partial charge in [-0.3, -0.25) is 0 Å². The Kier molecular flexibility index (Phi) is 3.05. The highest BCUT2D eigenvalue weighted by molar-refractivity contribution is 5.48. The van der Waals surface area contributed by atoms with E-state index in [2.05, 4.69) is 0 Å². The topological polar surface area (TPSA) is 75.7 Å². The van der Waals surface area contributed by atoms with Crippen LogP contribution < -0.4 is 10.5 Å². The Labute approximate surface area is 98.9 Å². The van der Waals surface area contributed by atoms with Gasteiger partial charge in [0, 0.05) is 17.3 Å². The summed E-state index contributed by atoms with van der Waals surface area (Å²) in [5.41, 5.74) is 6.63. The number of para-hydroxylation sites is 2. The van der Waals surface area contributed by atoms with Crippen molar-refractivity contribution in [1.82, 2.24) is 0 Å². The van der Waals surface area contributed by atoms with Crippen molar-refractivity contribution >= 4 is 5.69 Å².